The number of nitrogens with one attached hydrogen (secondary N) is 3. The molecule has 0 unspecified atom stereocenters. The topological polar surface area (TPSA) is 98.7 Å². The number of halogens is 3. The Morgan fingerprint density at radius 2 is 1.74 bits per heavy atom. The molecule has 1 saturated carbocycles. The van der Waals surface area contributed by atoms with E-state index in [1.54, 1.807) is 0 Å². The Bertz CT molecular complexity index is 947. The molecule has 1 aliphatic carbocycles. The maximum atomic E-state index is 13.8. The second-order valence-electron chi connectivity index (χ2n) is 6.53. The predicted octanol–water partition coefficient (Wildman–Crippen LogP) is 3.23. The quantitative estimate of drug-likeness (QED) is 0.556. The molecule has 4 N–H and O–H groups in total. The molecule has 0 radical (unpaired) electrons. The molecule has 1 aromatic carbocycles. The number of fused-ring (bicyclic) bond motifs is 1. The van der Waals surface area contributed by atoms with Crippen LogP contribution in [-0.2, 0) is 0 Å². The van der Waals surface area contributed by atoms with Crippen LogP contribution in [0.5, 0.6) is 0 Å². The van der Waals surface area contributed by atoms with Crippen LogP contribution in [-0.4, -0.2) is 37.2 Å². The number of H-pyrrole nitrogens is 1. The summed E-state index contributed by atoms with van der Waals surface area (Å²) in [6.45, 7) is 0. The molecule has 2 heterocycles. The fourth-order valence-electron chi connectivity index (χ4n) is 3.12. The molecule has 0 aliphatic heterocycles. The van der Waals surface area contributed by atoms with Crippen LogP contribution < -0.4 is 10.6 Å². The molecule has 0 bridgehead atoms. The van der Waals surface area contributed by atoms with Crippen molar-refractivity contribution < 1.29 is 18.3 Å². The zero-order valence-electron chi connectivity index (χ0n) is 14.1. The van der Waals surface area contributed by atoms with E-state index in [9.17, 15) is 18.3 Å². The van der Waals surface area contributed by atoms with Gasteiger partial charge in [-0.15, -0.1) is 0 Å². The van der Waals surface area contributed by atoms with Gasteiger partial charge in [-0.05, 0) is 25.7 Å². The molecule has 27 heavy (non-hydrogen) atoms. The van der Waals surface area contributed by atoms with Crippen LogP contribution in [0.1, 0.15) is 25.7 Å². The summed E-state index contributed by atoms with van der Waals surface area (Å²) in [4.78, 5) is 15.5. The Morgan fingerprint density at radius 1 is 1.04 bits per heavy atom. The zero-order chi connectivity index (χ0) is 19.0. The van der Waals surface area contributed by atoms with E-state index in [2.05, 4.69) is 30.6 Å². The average Bonchev–Trinajstić information content (AvgIpc) is 3.02. The van der Waals surface area contributed by atoms with Gasteiger partial charge < -0.3 is 20.7 Å². The molecular formula is C17H17F3N6O. The molecule has 10 heteroatoms. The third kappa shape index (κ3) is 3.80. The van der Waals surface area contributed by atoms with Crippen molar-refractivity contribution in [2.75, 3.05) is 10.6 Å². The monoisotopic (exact) mass is 378 g/mol. The zero-order valence-corrected chi connectivity index (χ0v) is 14.1. The minimum Gasteiger partial charge on any atom is -0.393 e. The third-order valence-electron chi connectivity index (χ3n) is 4.52. The van der Waals surface area contributed by atoms with Gasteiger partial charge in [0.25, 0.3) is 0 Å². The molecule has 142 valence electrons. The maximum absolute atomic E-state index is 13.8. The number of aromatic nitrogens is 4. The smallest absolute Gasteiger partial charge is 0.224 e. The summed E-state index contributed by atoms with van der Waals surface area (Å²) in [6.07, 6.45) is 4.34. The van der Waals surface area contributed by atoms with Gasteiger partial charge in [-0.25, -0.2) is 23.1 Å². The lowest BCUT2D eigenvalue weighted by atomic mass is 9.93. The summed E-state index contributed by atoms with van der Waals surface area (Å²) in [6, 6.07) is 1.34. The Morgan fingerprint density at radius 3 is 2.44 bits per heavy atom. The highest BCUT2D eigenvalue weighted by Gasteiger charge is 2.20. The molecule has 4 rings (SSSR count). The van der Waals surface area contributed by atoms with Gasteiger partial charge in [0.05, 0.1) is 12.3 Å². The highest BCUT2D eigenvalue weighted by Crippen LogP contribution is 2.25. The van der Waals surface area contributed by atoms with E-state index in [1.807, 2.05) is 0 Å². The number of hydrogen-bond donors (Lipinski definition) is 4. The molecule has 2 aromatic heterocycles. The van der Waals surface area contributed by atoms with E-state index in [4.69, 9.17) is 0 Å². The number of aromatic amines is 1. The Kier molecular flexibility index (Phi) is 4.56. The maximum Gasteiger partial charge on any atom is 0.224 e. The number of hydrogen-bond acceptors (Lipinski definition) is 6. The number of aliphatic hydroxyl groups is 1. The summed E-state index contributed by atoms with van der Waals surface area (Å²) >= 11 is 0. The first-order valence-corrected chi connectivity index (χ1v) is 8.57. The molecular weight excluding hydrogens is 361 g/mol. The molecule has 1 fully saturated rings. The first-order valence-electron chi connectivity index (χ1n) is 8.57. The van der Waals surface area contributed by atoms with Gasteiger partial charge in [0.15, 0.2) is 17.3 Å². The van der Waals surface area contributed by atoms with Crippen molar-refractivity contribution in [2.24, 2.45) is 0 Å². The molecule has 0 saturated heterocycles. The van der Waals surface area contributed by atoms with Crippen molar-refractivity contribution in [2.45, 2.75) is 37.8 Å². The molecule has 0 spiro atoms. The van der Waals surface area contributed by atoms with Crippen molar-refractivity contribution in [1.29, 1.82) is 0 Å². The van der Waals surface area contributed by atoms with Crippen LogP contribution in [0.25, 0.3) is 11.2 Å². The van der Waals surface area contributed by atoms with Gasteiger partial charge in [-0.3, -0.25) is 0 Å². The van der Waals surface area contributed by atoms with Gasteiger partial charge >= 0.3 is 0 Å². The lowest BCUT2D eigenvalue weighted by molar-refractivity contribution is 0.126. The Balaban J connectivity index is 1.53. The summed E-state index contributed by atoms with van der Waals surface area (Å²) in [5, 5.41) is 15.2. The second kappa shape index (κ2) is 7.03. The van der Waals surface area contributed by atoms with Gasteiger partial charge in [-0.2, -0.15) is 4.98 Å². The molecule has 0 atom stereocenters. The highest BCUT2D eigenvalue weighted by atomic mass is 19.1. The van der Waals surface area contributed by atoms with E-state index in [0.717, 1.165) is 25.7 Å². The van der Waals surface area contributed by atoms with Crippen molar-refractivity contribution in [1.82, 2.24) is 19.9 Å². The van der Waals surface area contributed by atoms with Crippen molar-refractivity contribution in [3.63, 3.8) is 0 Å². The number of nitrogens with zero attached hydrogens (tertiary/aromatic N) is 3. The molecule has 0 amide bonds. The van der Waals surface area contributed by atoms with E-state index in [0.29, 0.717) is 29.2 Å². The van der Waals surface area contributed by atoms with E-state index in [-0.39, 0.29) is 18.1 Å². The summed E-state index contributed by atoms with van der Waals surface area (Å²) in [5.74, 6) is -2.68. The average molecular weight is 378 g/mol. The Hall–Kier alpha value is -2.88. The normalized spacial score (nSPS) is 20.0. The fourth-order valence-corrected chi connectivity index (χ4v) is 3.12. The lowest BCUT2D eigenvalue weighted by Gasteiger charge is -2.25. The van der Waals surface area contributed by atoms with Gasteiger partial charge in [0, 0.05) is 18.2 Å². The number of anilines is 3. The predicted molar refractivity (Wildman–Crippen MR) is 93.2 cm³/mol. The van der Waals surface area contributed by atoms with E-state index >= 15 is 0 Å². The van der Waals surface area contributed by atoms with Gasteiger partial charge in [-0.1, -0.05) is 0 Å². The standard InChI is InChI=1S/C17H17F3N6O/c18-8-5-11(19)14(12(20)6-8)24-17-23-13-7-21-16(25-15(13)26-17)22-9-1-3-10(27)4-2-9/h5-7,9-10,27H,1-4H2,(H3,21,22,23,24,25,26)/t9-,10-. The van der Waals surface area contributed by atoms with Crippen LogP contribution in [0.2, 0.25) is 0 Å². The van der Waals surface area contributed by atoms with E-state index in [1.165, 1.54) is 6.20 Å². The minimum absolute atomic E-state index is 0.0571. The first kappa shape index (κ1) is 17.5. The van der Waals surface area contributed by atoms with Crippen molar-refractivity contribution in [3.05, 3.63) is 35.8 Å². The lowest BCUT2D eigenvalue weighted by Crippen LogP contribution is -2.28. The number of rotatable bonds is 4. The third-order valence-corrected chi connectivity index (χ3v) is 4.52. The molecule has 7 nitrogen and oxygen atoms in total. The number of aliphatic hydroxyl groups excluding tert-OH is 1. The van der Waals surface area contributed by atoms with E-state index < -0.39 is 23.1 Å². The first-order chi connectivity index (χ1) is 13.0. The van der Waals surface area contributed by atoms with Gasteiger partial charge in [0.2, 0.25) is 11.9 Å². The van der Waals surface area contributed by atoms with Crippen LogP contribution >= 0.6 is 0 Å². The van der Waals surface area contributed by atoms with Crippen LogP contribution in [0, 0.1) is 17.5 Å². The summed E-state index contributed by atoms with van der Waals surface area (Å²) < 4.78 is 40.5. The number of imidazole rings is 1. The highest BCUT2D eigenvalue weighted by molar-refractivity contribution is 5.75. The SMILES string of the molecule is O[C@H]1CC[C@H](Nc2ncc3nc(Nc4c(F)cc(F)cc4F)[nH]c3n2)CC1. The second-order valence-corrected chi connectivity index (χ2v) is 6.53. The van der Waals surface area contributed by atoms with Crippen molar-refractivity contribution >= 4 is 28.7 Å². The van der Waals surface area contributed by atoms with Gasteiger partial charge in [0.1, 0.15) is 17.0 Å². The van der Waals surface area contributed by atoms with Crippen LogP contribution in [0.4, 0.5) is 30.8 Å². The Labute approximate surface area is 152 Å². The largest absolute Gasteiger partial charge is 0.393 e. The van der Waals surface area contributed by atoms with Crippen LogP contribution in [0.3, 0.4) is 0 Å². The fraction of sp³-hybridized carbons (Fsp3) is 0.353. The summed E-state index contributed by atoms with van der Waals surface area (Å²) in [5.41, 5.74) is 0.279. The van der Waals surface area contributed by atoms with Crippen molar-refractivity contribution in [3.8, 4) is 0 Å². The summed E-state index contributed by atoms with van der Waals surface area (Å²) in [7, 11) is 0. The molecule has 1 aliphatic rings. The minimum atomic E-state index is -1.07. The molecule has 3 aromatic rings. The number of benzene rings is 1. The van der Waals surface area contributed by atoms with Crippen LogP contribution in [0.15, 0.2) is 18.3 Å².